The molecular weight excluding hydrogens is 450 g/mol. The molecule has 1 heterocycles. The van der Waals surface area contributed by atoms with Gasteiger partial charge in [-0.25, -0.2) is 0 Å². The Morgan fingerprint density at radius 1 is 1.03 bits per heavy atom. The summed E-state index contributed by atoms with van der Waals surface area (Å²) in [6, 6.07) is 11.3. The zero-order chi connectivity index (χ0) is 25.5. The van der Waals surface area contributed by atoms with Crippen LogP contribution in [0.4, 0.5) is 0 Å². The SMILES string of the molecule is CCOc1cccc(/C(O)=C2/C(=O)C(=O)N(CCOC)C2c2ccc(OC(C)C)c(OCC)c2)c1. The minimum atomic E-state index is -0.826. The summed E-state index contributed by atoms with van der Waals surface area (Å²) < 4.78 is 22.4. The van der Waals surface area contributed by atoms with Crippen LogP contribution in [0.15, 0.2) is 48.0 Å². The molecule has 35 heavy (non-hydrogen) atoms. The molecule has 1 fully saturated rings. The number of hydrogen-bond donors (Lipinski definition) is 1. The Balaban J connectivity index is 2.17. The van der Waals surface area contributed by atoms with Crippen LogP contribution in [0.1, 0.15) is 44.9 Å². The van der Waals surface area contributed by atoms with Gasteiger partial charge in [0.1, 0.15) is 11.5 Å². The number of Topliss-reactive ketones (excluding diaryl/α,β-unsaturated/α-hetero) is 1. The van der Waals surface area contributed by atoms with E-state index in [9.17, 15) is 14.7 Å². The van der Waals surface area contributed by atoms with E-state index in [2.05, 4.69) is 0 Å². The Hall–Kier alpha value is -3.52. The average molecular weight is 484 g/mol. The normalized spacial score (nSPS) is 17.2. The topological polar surface area (TPSA) is 94.5 Å². The van der Waals surface area contributed by atoms with E-state index in [4.69, 9.17) is 18.9 Å². The van der Waals surface area contributed by atoms with Gasteiger partial charge in [0, 0.05) is 19.2 Å². The van der Waals surface area contributed by atoms with Crippen LogP contribution in [0.3, 0.4) is 0 Å². The molecule has 0 aliphatic carbocycles. The van der Waals surface area contributed by atoms with Gasteiger partial charge in [0.2, 0.25) is 0 Å². The number of nitrogens with zero attached hydrogens (tertiary/aromatic N) is 1. The fourth-order valence-corrected chi connectivity index (χ4v) is 4.02. The van der Waals surface area contributed by atoms with Crippen LogP contribution in [0.2, 0.25) is 0 Å². The number of amides is 1. The summed E-state index contributed by atoms with van der Waals surface area (Å²) in [4.78, 5) is 27.6. The maximum absolute atomic E-state index is 13.2. The van der Waals surface area contributed by atoms with Crippen LogP contribution < -0.4 is 14.2 Å². The van der Waals surface area contributed by atoms with Gasteiger partial charge in [-0.05, 0) is 57.5 Å². The molecule has 8 nitrogen and oxygen atoms in total. The van der Waals surface area contributed by atoms with Gasteiger partial charge in [0.25, 0.3) is 11.7 Å². The molecule has 1 aliphatic heterocycles. The Kier molecular flexibility index (Phi) is 8.76. The zero-order valence-electron chi connectivity index (χ0n) is 20.9. The molecule has 2 aromatic rings. The Morgan fingerprint density at radius 3 is 2.43 bits per heavy atom. The number of aliphatic hydroxyl groups excluding tert-OH is 1. The van der Waals surface area contributed by atoms with Crippen molar-refractivity contribution in [2.45, 2.75) is 39.8 Å². The molecule has 0 saturated carbocycles. The van der Waals surface area contributed by atoms with Gasteiger partial charge in [-0.1, -0.05) is 18.2 Å². The molecule has 1 unspecified atom stereocenters. The van der Waals surface area contributed by atoms with Gasteiger partial charge in [-0.3, -0.25) is 9.59 Å². The quantitative estimate of drug-likeness (QED) is 0.289. The molecule has 3 rings (SSSR count). The standard InChI is InChI=1S/C27H33NO7/c1-6-33-20-10-8-9-19(15-20)25(29)23-24(28(13-14-32-5)27(31)26(23)30)18-11-12-21(35-17(3)4)22(16-18)34-7-2/h8-12,15-17,24,29H,6-7,13-14H2,1-5H3/b25-23-. The van der Waals surface area contributed by atoms with Crippen molar-refractivity contribution in [1.29, 1.82) is 0 Å². The first kappa shape index (κ1) is 26.1. The van der Waals surface area contributed by atoms with Crippen LogP contribution in [-0.4, -0.2) is 61.3 Å². The third-order valence-corrected chi connectivity index (χ3v) is 5.44. The number of ether oxygens (including phenoxy) is 4. The summed E-state index contributed by atoms with van der Waals surface area (Å²) in [6.45, 7) is 8.83. The van der Waals surface area contributed by atoms with Crippen LogP contribution >= 0.6 is 0 Å². The fraction of sp³-hybridized carbons (Fsp3) is 0.407. The van der Waals surface area contributed by atoms with Crippen LogP contribution in [0.25, 0.3) is 5.76 Å². The van der Waals surface area contributed by atoms with Gasteiger partial charge >= 0.3 is 0 Å². The first-order chi connectivity index (χ1) is 16.8. The van der Waals surface area contributed by atoms with Crippen molar-refractivity contribution in [3.8, 4) is 17.2 Å². The van der Waals surface area contributed by atoms with E-state index in [-0.39, 0.29) is 30.6 Å². The van der Waals surface area contributed by atoms with E-state index in [0.29, 0.717) is 41.6 Å². The van der Waals surface area contributed by atoms with Crippen molar-refractivity contribution in [3.05, 3.63) is 59.2 Å². The molecule has 0 bridgehead atoms. The van der Waals surface area contributed by atoms with E-state index in [0.717, 1.165) is 0 Å². The van der Waals surface area contributed by atoms with Gasteiger partial charge in [0.15, 0.2) is 11.5 Å². The Bertz CT molecular complexity index is 1090. The number of aliphatic hydroxyl groups is 1. The molecule has 1 N–H and O–H groups in total. The highest BCUT2D eigenvalue weighted by atomic mass is 16.5. The second kappa shape index (κ2) is 11.8. The average Bonchev–Trinajstić information content (AvgIpc) is 3.08. The lowest BCUT2D eigenvalue weighted by atomic mass is 9.95. The molecule has 0 radical (unpaired) electrons. The van der Waals surface area contributed by atoms with Crippen molar-refractivity contribution in [2.24, 2.45) is 0 Å². The second-order valence-corrected chi connectivity index (χ2v) is 8.25. The third kappa shape index (κ3) is 5.77. The maximum Gasteiger partial charge on any atom is 0.295 e. The van der Waals surface area contributed by atoms with E-state index in [1.54, 1.807) is 42.5 Å². The molecule has 1 saturated heterocycles. The maximum atomic E-state index is 13.2. The van der Waals surface area contributed by atoms with Crippen molar-refractivity contribution in [3.63, 3.8) is 0 Å². The lowest BCUT2D eigenvalue weighted by Crippen LogP contribution is -2.32. The predicted octanol–water partition coefficient (Wildman–Crippen LogP) is 4.34. The molecule has 1 aliphatic rings. The van der Waals surface area contributed by atoms with Crippen molar-refractivity contribution >= 4 is 17.4 Å². The number of carbonyl (C=O) groups excluding carboxylic acids is 2. The van der Waals surface area contributed by atoms with Gasteiger partial charge in [0.05, 0.1) is 37.5 Å². The number of benzene rings is 2. The van der Waals surface area contributed by atoms with Crippen LogP contribution in [-0.2, 0) is 14.3 Å². The molecule has 1 atom stereocenters. The summed E-state index contributed by atoms with van der Waals surface area (Å²) in [5, 5.41) is 11.3. The highest BCUT2D eigenvalue weighted by molar-refractivity contribution is 6.46. The first-order valence-electron chi connectivity index (χ1n) is 11.8. The van der Waals surface area contributed by atoms with Crippen LogP contribution in [0, 0.1) is 0 Å². The smallest absolute Gasteiger partial charge is 0.295 e. The predicted molar refractivity (Wildman–Crippen MR) is 132 cm³/mol. The summed E-state index contributed by atoms with van der Waals surface area (Å²) in [5.41, 5.74) is 0.998. The second-order valence-electron chi connectivity index (χ2n) is 8.25. The molecule has 1 amide bonds. The van der Waals surface area contributed by atoms with E-state index >= 15 is 0 Å². The number of carbonyl (C=O) groups is 2. The van der Waals surface area contributed by atoms with Crippen molar-refractivity contribution in [1.82, 2.24) is 4.90 Å². The lowest BCUT2D eigenvalue weighted by molar-refractivity contribution is -0.140. The zero-order valence-corrected chi connectivity index (χ0v) is 20.9. The number of methoxy groups -OCH3 is 1. The van der Waals surface area contributed by atoms with Crippen molar-refractivity contribution < 1.29 is 33.6 Å². The molecule has 0 spiro atoms. The first-order valence-corrected chi connectivity index (χ1v) is 11.8. The molecule has 8 heteroatoms. The lowest BCUT2D eigenvalue weighted by Gasteiger charge is -2.26. The van der Waals surface area contributed by atoms with Gasteiger partial charge in [-0.2, -0.15) is 0 Å². The summed E-state index contributed by atoms with van der Waals surface area (Å²) in [5.74, 6) is -0.120. The van der Waals surface area contributed by atoms with E-state index in [1.807, 2.05) is 27.7 Å². The van der Waals surface area contributed by atoms with E-state index < -0.39 is 17.7 Å². The minimum absolute atomic E-state index is 0.000252. The number of ketones is 1. The number of likely N-dealkylation sites (tertiary alicyclic amines) is 1. The van der Waals surface area contributed by atoms with Gasteiger partial charge in [-0.15, -0.1) is 0 Å². The Labute approximate surface area is 206 Å². The molecule has 0 aromatic heterocycles. The summed E-state index contributed by atoms with van der Waals surface area (Å²) >= 11 is 0. The molecular formula is C27H33NO7. The van der Waals surface area contributed by atoms with Crippen LogP contribution in [0.5, 0.6) is 17.2 Å². The highest BCUT2D eigenvalue weighted by Crippen LogP contribution is 2.42. The molecule has 2 aromatic carbocycles. The summed E-state index contributed by atoms with van der Waals surface area (Å²) in [6.07, 6.45) is -0.0648. The fourth-order valence-electron chi connectivity index (χ4n) is 4.02. The van der Waals surface area contributed by atoms with Gasteiger partial charge < -0.3 is 29.0 Å². The number of rotatable bonds is 11. The number of hydrogen-bond acceptors (Lipinski definition) is 7. The van der Waals surface area contributed by atoms with Crippen molar-refractivity contribution in [2.75, 3.05) is 33.5 Å². The third-order valence-electron chi connectivity index (χ3n) is 5.44. The van der Waals surface area contributed by atoms with E-state index in [1.165, 1.54) is 12.0 Å². The summed E-state index contributed by atoms with van der Waals surface area (Å²) in [7, 11) is 1.52. The largest absolute Gasteiger partial charge is 0.507 e. The molecule has 188 valence electrons. The highest BCUT2D eigenvalue weighted by Gasteiger charge is 2.46. The monoisotopic (exact) mass is 483 g/mol. The Morgan fingerprint density at radius 2 is 1.77 bits per heavy atom. The minimum Gasteiger partial charge on any atom is -0.507 e.